The van der Waals surface area contributed by atoms with Crippen molar-refractivity contribution in [2.75, 3.05) is 27.8 Å². The average molecular weight is 305 g/mol. The number of benzene rings is 1. The van der Waals surface area contributed by atoms with Crippen LogP contribution >= 0.6 is 0 Å². The highest BCUT2D eigenvalue weighted by atomic mass is 16.5. The maximum atomic E-state index is 5.69. The van der Waals surface area contributed by atoms with E-state index in [1.165, 1.54) is 12.0 Å². The van der Waals surface area contributed by atoms with E-state index in [-0.39, 0.29) is 5.41 Å². The molecule has 0 amide bonds. The molecular formula is C17H27N3O2. The topological polar surface area (TPSA) is 59.8 Å². The van der Waals surface area contributed by atoms with Crippen LogP contribution in [0.2, 0.25) is 0 Å². The van der Waals surface area contributed by atoms with Gasteiger partial charge in [0.2, 0.25) is 0 Å². The second kappa shape index (κ2) is 6.07. The summed E-state index contributed by atoms with van der Waals surface area (Å²) in [6.45, 7) is 1.14. The second-order valence-electron chi connectivity index (χ2n) is 6.61. The van der Waals surface area contributed by atoms with Gasteiger partial charge in [0, 0.05) is 17.5 Å². The van der Waals surface area contributed by atoms with E-state index >= 15 is 0 Å². The summed E-state index contributed by atoms with van der Waals surface area (Å²) in [6.07, 6.45) is 4.57. The van der Waals surface area contributed by atoms with Gasteiger partial charge in [-0.05, 0) is 57.0 Å². The molecule has 2 unspecified atom stereocenters. The maximum absolute atomic E-state index is 5.69. The number of hydrogen-bond donors (Lipinski definition) is 2. The zero-order chi connectivity index (χ0) is 15.7. The van der Waals surface area contributed by atoms with Gasteiger partial charge >= 0.3 is 0 Å². The molecule has 0 aromatic heterocycles. The molecule has 3 N–H and O–H groups in total. The molecule has 1 aromatic rings. The second-order valence-corrected chi connectivity index (χ2v) is 6.61. The monoisotopic (exact) mass is 305 g/mol. The lowest BCUT2D eigenvalue weighted by Gasteiger charge is -2.44. The van der Waals surface area contributed by atoms with Crippen molar-refractivity contribution in [1.82, 2.24) is 10.3 Å². The van der Waals surface area contributed by atoms with Gasteiger partial charge in [0.15, 0.2) is 11.5 Å². The minimum absolute atomic E-state index is 0.210. The number of hydrazine groups is 1. The van der Waals surface area contributed by atoms with Gasteiger partial charge in [-0.2, -0.15) is 0 Å². The summed E-state index contributed by atoms with van der Waals surface area (Å²) in [6, 6.07) is 7.36. The fourth-order valence-corrected chi connectivity index (χ4v) is 4.41. The smallest absolute Gasteiger partial charge is 0.161 e. The van der Waals surface area contributed by atoms with Crippen molar-refractivity contribution in [1.29, 1.82) is 0 Å². The zero-order valence-corrected chi connectivity index (χ0v) is 13.8. The summed E-state index contributed by atoms with van der Waals surface area (Å²) < 4.78 is 10.9. The lowest BCUT2D eigenvalue weighted by molar-refractivity contribution is 0.154. The molecule has 0 bridgehead atoms. The Morgan fingerprint density at radius 2 is 2.00 bits per heavy atom. The number of nitrogens with zero attached hydrogens (tertiary/aromatic N) is 1. The van der Waals surface area contributed by atoms with Crippen LogP contribution in [0.3, 0.4) is 0 Å². The van der Waals surface area contributed by atoms with Crippen LogP contribution in [0.15, 0.2) is 18.2 Å². The largest absolute Gasteiger partial charge is 0.493 e. The molecule has 5 nitrogen and oxygen atoms in total. The SMILES string of the molecule is COc1ccc([C@@]23CCC(NN)CC2N(C)CC3)cc1OC. The third-order valence-electron chi connectivity index (χ3n) is 5.72. The molecule has 1 aromatic carbocycles. The highest BCUT2D eigenvalue weighted by molar-refractivity contribution is 5.46. The first-order valence-electron chi connectivity index (χ1n) is 8.03. The molecule has 22 heavy (non-hydrogen) atoms. The molecule has 1 aliphatic heterocycles. The van der Waals surface area contributed by atoms with Gasteiger partial charge in [-0.3, -0.25) is 11.3 Å². The first-order valence-corrected chi connectivity index (χ1v) is 8.03. The number of likely N-dealkylation sites (N-methyl/N-ethyl adjacent to an activating group) is 1. The first kappa shape index (κ1) is 15.6. The molecule has 1 heterocycles. The van der Waals surface area contributed by atoms with Crippen LogP contribution in [-0.2, 0) is 5.41 Å². The van der Waals surface area contributed by atoms with Crippen LogP contribution in [-0.4, -0.2) is 44.8 Å². The van der Waals surface area contributed by atoms with Gasteiger partial charge in [0.1, 0.15) is 0 Å². The molecule has 1 aliphatic carbocycles. The van der Waals surface area contributed by atoms with E-state index < -0.39 is 0 Å². The average Bonchev–Trinajstić information content (AvgIpc) is 2.91. The molecule has 122 valence electrons. The number of hydrogen-bond acceptors (Lipinski definition) is 5. The fourth-order valence-electron chi connectivity index (χ4n) is 4.41. The van der Waals surface area contributed by atoms with E-state index in [4.69, 9.17) is 15.3 Å². The molecule has 1 saturated heterocycles. The third-order valence-corrected chi connectivity index (χ3v) is 5.72. The van der Waals surface area contributed by atoms with Crippen molar-refractivity contribution in [2.24, 2.45) is 5.84 Å². The predicted octanol–water partition coefficient (Wildman–Crippen LogP) is 1.66. The summed E-state index contributed by atoms with van der Waals surface area (Å²) >= 11 is 0. The lowest BCUT2D eigenvalue weighted by atomic mass is 9.65. The summed E-state index contributed by atoms with van der Waals surface area (Å²) in [5.74, 6) is 7.31. The molecule has 3 rings (SSSR count). The van der Waals surface area contributed by atoms with Crippen molar-refractivity contribution in [3.63, 3.8) is 0 Å². The Balaban J connectivity index is 1.98. The van der Waals surface area contributed by atoms with Crippen molar-refractivity contribution in [3.8, 4) is 11.5 Å². The minimum Gasteiger partial charge on any atom is -0.493 e. The Labute approximate surface area is 132 Å². The zero-order valence-electron chi connectivity index (χ0n) is 13.8. The van der Waals surface area contributed by atoms with E-state index in [1.54, 1.807) is 14.2 Å². The predicted molar refractivity (Wildman–Crippen MR) is 87.2 cm³/mol. The maximum Gasteiger partial charge on any atom is 0.161 e. The van der Waals surface area contributed by atoms with Crippen LogP contribution in [0.4, 0.5) is 0 Å². The highest BCUT2D eigenvalue weighted by Crippen LogP contribution is 2.49. The highest BCUT2D eigenvalue weighted by Gasteiger charge is 2.50. The van der Waals surface area contributed by atoms with Crippen LogP contribution < -0.4 is 20.7 Å². The normalized spacial score (nSPS) is 31.8. The molecule has 0 radical (unpaired) electrons. The minimum atomic E-state index is 0.210. The van der Waals surface area contributed by atoms with E-state index in [9.17, 15) is 0 Å². The van der Waals surface area contributed by atoms with Crippen LogP contribution in [0.25, 0.3) is 0 Å². The molecule has 2 aliphatic rings. The Morgan fingerprint density at radius 3 is 2.68 bits per heavy atom. The van der Waals surface area contributed by atoms with E-state index in [2.05, 4.69) is 29.5 Å². The summed E-state index contributed by atoms with van der Waals surface area (Å²) in [5.41, 5.74) is 4.56. The van der Waals surface area contributed by atoms with Crippen LogP contribution in [0.5, 0.6) is 11.5 Å². The molecule has 2 fully saturated rings. The van der Waals surface area contributed by atoms with Gasteiger partial charge in [-0.25, -0.2) is 0 Å². The van der Waals surface area contributed by atoms with Gasteiger partial charge < -0.3 is 14.4 Å². The number of nitrogens with one attached hydrogen (secondary N) is 1. The van der Waals surface area contributed by atoms with Crippen molar-refractivity contribution in [2.45, 2.75) is 43.2 Å². The summed E-state index contributed by atoms with van der Waals surface area (Å²) in [5, 5.41) is 0. The molecule has 3 atom stereocenters. The summed E-state index contributed by atoms with van der Waals surface area (Å²) in [4.78, 5) is 2.49. The number of likely N-dealkylation sites (tertiary alicyclic amines) is 1. The molecule has 0 spiro atoms. The number of nitrogens with two attached hydrogens (primary N) is 1. The lowest BCUT2D eigenvalue weighted by Crippen LogP contribution is -2.52. The van der Waals surface area contributed by atoms with E-state index in [0.29, 0.717) is 12.1 Å². The van der Waals surface area contributed by atoms with Crippen LogP contribution in [0.1, 0.15) is 31.2 Å². The van der Waals surface area contributed by atoms with Crippen molar-refractivity contribution < 1.29 is 9.47 Å². The fraction of sp³-hybridized carbons (Fsp3) is 0.647. The quantitative estimate of drug-likeness (QED) is 0.654. The van der Waals surface area contributed by atoms with Crippen molar-refractivity contribution in [3.05, 3.63) is 23.8 Å². The Morgan fingerprint density at radius 1 is 1.23 bits per heavy atom. The molecular weight excluding hydrogens is 278 g/mol. The number of ether oxygens (including phenoxy) is 2. The van der Waals surface area contributed by atoms with Gasteiger partial charge in [0.05, 0.1) is 14.2 Å². The first-order chi connectivity index (χ1) is 10.6. The Bertz CT molecular complexity index is 537. The molecule has 5 heteroatoms. The Hall–Kier alpha value is -1.30. The Kier molecular flexibility index (Phi) is 4.30. The van der Waals surface area contributed by atoms with Gasteiger partial charge in [0.25, 0.3) is 0 Å². The number of rotatable bonds is 4. The van der Waals surface area contributed by atoms with Crippen molar-refractivity contribution >= 4 is 0 Å². The standard InChI is InChI=1S/C17H27N3O2/c1-20-9-8-17(7-6-13(19-18)11-16(17)20)12-4-5-14(21-2)15(10-12)22-3/h4-5,10,13,16,19H,6-9,11,18H2,1-3H3/t13?,16?,17-/m0/s1. The summed E-state index contributed by atoms with van der Waals surface area (Å²) in [7, 11) is 5.61. The third kappa shape index (κ3) is 2.37. The number of methoxy groups -OCH3 is 2. The van der Waals surface area contributed by atoms with Gasteiger partial charge in [-0.15, -0.1) is 0 Å². The van der Waals surface area contributed by atoms with Crippen LogP contribution in [0, 0.1) is 0 Å². The van der Waals surface area contributed by atoms with E-state index in [0.717, 1.165) is 37.3 Å². The number of fused-ring (bicyclic) bond motifs is 1. The van der Waals surface area contributed by atoms with Gasteiger partial charge in [-0.1, -0.05) is 6.07 Å². The molecule has 1 saturated carbocycles. The van der Waals surface area contributed by atoms with E-state index in [1.807, 2.05) is 6.07 Å².